The van der Waals surface area contributed by atoms with E-state index in [1.165, 1.54) is 0 Å². The van der Waals surface area contributed by atoms with Gasteiger partial charge in [0.1, 0.15) is 0 Å². The van der Waals surface area contributed by atoms with Crippen molar-refractivity contribution in [1.82, 2.24) is 0 Å². The van der Waals surface area contributed by atoms with Gasteiger partial charge in [-0.25, -0.2) is 0 Å². The van der Waals surface area contributed by atoms with E-state index in [9.17, 15) is 4.79 Å². The third-order valence-electron chi connectivity index (χ3n) is 1.14. The van der Waals surface area contributed by atoms with E-state index in [0.717, 1.165) is 0 Å². The Morgan fingerprint density at radius 3 is 1.62 bits per heavy atom. The van der Waals surface area contributed by atoms with Gasteiger partial charge >= 0.3 is 124 Å². The number of carboxylic acid groups (broad SMARTS) is 1. The second-order valence-electron chi connectivity index (χ2n) is 2.16. The Morgan fingerprint density at radius 1 is 1.23 bits per heavy atom. The van der Waals surface area contributed by atoms with Crippen LogP contribution < -0.4 is 11.5 Å². The van der Waals surface area contributed by atoms with Gasteiger partial charge in [-0.1, -0.05) is 6.92 Å². The predicted molar refractivity (Wildman–Crippen MR) is 62.2 cm³/mol. The maximum atomic E-state index is 10.0. The zero-order valence-electron chi connectivity index (χ0n) is 5.42. The van der Waals surface area contributed by atoms with Gasteiger partial charge in [0.25, 0.3) is 0 Å². The molecular formula is C5H16N2Na4O2. The molecule has 0 rings (SSSR count). The number of rotatable bonds is 3. The van der Waals surface area contributed by atoms with Crippen molar-refractivity contribution in [3.8, 4) is 0 Å². The molecule has 0 unspecified atom stereocenters. The average molecular weight is 228 g/mol. The Morgan fingerprint density at radius 2 is 1.54 bits per heavy atom. The number of hydrogen-bond donors (Lipinski definition) is 3. The quantitative estimate of drug-likeness (QED) is 0.352. The first-order valence-electron chi connectivity index (χ1n) is 2.77. The van der Waals surface area contributed by atoms with Crippen molar-refractivity contribution in [3.63, 3.8) is 0 Å². The zero-order valence-corrected chi connectivity index (χ0v) is 5.42. The Kier molecular flexibility index (Phi) is 35.4. The van der Waals surface area contributed by atoms with Crippen LogP contribution >= 0.6 is 0 Å². The van der Waals surface area contributed by atoms with Gasteiger partial charge in [0.2, 0.25) is 0 Å². The number of carbonyl (C=O) groups is 1. The van der Waals surface area contributed by atoms with Gasteiger partial charge < -0.3 is 16.6 Å². The van der Waals surface area contributed by atoms with Crippen LogP contribution in [0.25, 0.3) is 0 Å². The Balaban J connectivity index is -0.0000000533. The summed E-state index contributed by atoms with van der Waals surface area (Å²) in [5.41, 5.74) is 9.59. The molecule has 0 aliphatic carbocycles. The molecule has 0 radical (unpaired) electrons. The maximum absolute atomic E-state index is 10.0. The summed E-state index contributed by atoms with van der Waals surface area (Å²) < 4.78 is 0. The van der Waals surface area contributed by atoms with Crippen LogP contribution in [-0.2, 0) is 4.79 Å². The van der Waals surface area contributed by atoms with E-state index in [1.54, 1.807) is 6.92 Å². The molecule has 0 aliphatic heterocycles. The van der Waals surface area contributed by atoms with Gasteiger partial charge in [-0.05, 0) is 6.42 Å². The van der Waals surface area contributed by atoms with Crippen LogP contribution in [0.5, 0.6) is 0 Å². The van der Waals surface area contributed by atoms with Crippen molar-refractivity contribution in [2.75, 3.05) is 0 Å². The molecule has 8 heteroatoms. The molecule has 0 saturated carbocycles. The molecule has 0 atom stereocenters. The minimum atomic E-state index is -1.04. The fraction of sp³-hybridized carbons (Fsp3) is 0.800. The molecule has 0 saturated heterocycles. The second-order valence-corrected chi connectivity index (χ2v) is 2.16. The molecule has 0 spiro atoms. The van der Waals surface area contributed by atoms with Crippen molar-refractivity contribution in [1.29, 1.82) is 0 Å². The van der Waals surface area contributed by atoms with Gasteiger partial charge in [0.15, 0.2) is 0 Å². The van der Waals surface area contributed by atoms with E-state index in [4.69, 9.17) is 16.6 Å². The van der Waals surface area contributed by atoms with Crippen molar-refractivity contribution in [3.05, 3.63) is 0 Å². The Labute approximate surface area is 167 Å². The Bertz CT molecular complexity index is 123. The van der Waals surface area contributed by atoms with E-state index in [2.05, 4.69) is 0 Å². The average Bonchev–Trinajstić information content (AvgIpc) is 1.63. The van der Waals surface area contributed by atoms with E-state index < -0.39 is 11.6 Å². The zero-order chi connectivity index (χ0) is 7.49. The summed E-state index contributed by atoms with van der Waals surface area (Å²) in [7, 11) is 0. The van der Waals surface area contributed by atoms with Crippen LogP contribution in [0.2, 0.25) is 0 Å². The van der Waals surface area contributed by atoms with Gasteiger partial charge in [-0.3, -0.25) is 4.79 Å². The van der Waals surface area contributed by atoms with Crippen molar-refractivity contribution in [2.45, 2.75) is 25.4 Å². The van der Waals surface area contributed by atoms with Crippen LogP contribution in [-0.4, -0.2) is 135 Å². The monoisotopic (exact) mass is 228 g/mol. The topological polar surface area (TPSA) is 89.3 Å². The summed E-state index contributed by atoms with van der Waals surface area (Å²) in [5, 5.41) is 8.22. The number of nitrogens with two attached hydrogens (primary N) is 2. The fourth-order valence-electron chi connectivity index (χ4n) is 0.407. The standard InChI is InChI=1S/C5H12N2O2.4Na.4H/c1-2-5(6,7)3-4(8)9;;;;;;;;/h2-3,6-7H2,1H3,(H,8,9);;;;;;;;. The summed E-state index contributed by atoms with van der Waals surface area (Å²) in [6.07, 6.45) is 0.294. The molecule has 0 bridgehead atoms. The molecule has 5 N–H and O–H groups in total. The number of carboxylic acids is 1. The van der Waals surface area contributed by atoms with Crippen molar-refractivity contribution < 1.29 is 9.90 Å². The Hall–Kier alpha value is 3.39. The summed E-state index contributed by atoms with van der Waals surface area (Å²) in [4.78, 5) is 10.0. The minimum absolute atomic E-state index is 0. The molecule has 0 aromatic carbocycles. The predicted octanol–water partition coefficient (Wildman–Crippen LogP) is -3.11. The number of hydrogen-bond acceptors (Lipinski definition) is 3. The molecule has 0 amide bonds. The molecule has 0 heterocycles. The first kappa shape index (κ1) is 29.9. The van der Waals surface area contributed by atoms with Gasteiger partial charge in [-0.15, -0.1) is 0 Å². The second kappa shape index (κ2) is 15.4. The third-order valence-corrected chi connectivity index (χ3v) is 1.14. The molecule has 0 fully saturated rings. The van der Waals surface area contributed by atoms with E-state index in [0.29, 0.717) is 6.42 Å². The molecule has 4 nitrogen and oxygen atoms in total. The molecule has 0 aromatic rings. The summed E-state index contributed by atoms with van der Waals surface area (Å²) in [5.74, 6) is -0.957. The normalized spacial score (nSPS) is 7.92. The fourth-order valence-corrected chi connectivity index (χ4v) is 0.407. The SMILES string of the molecule is CCC(N)(N)CC(=O)O.[NaH].[NaH].[NaH].[NaH]. The molecule has 0 aromatic heterocycles. The van der Waals surface area contributed by atoms with Crippen LogP contribution in [0.1, 0.15) is 19.8 Å². The van der Waals surface area contributed by atoms with E-state index in [-0.39, 0.29) is 125 Å². The third kappa shape index (κ3) is 21.3. The van der Waals surface area contributed by atoms with Crippen molar-refractivity contribution >= 4 is 124 Å². The van der Waals surface area contributed by atoms with E-state index >= 15 is 0 Å². The number of aliphatic carboxylic acids is 1. The van der Waals surface area contributed by atoms with Gasteiger partial charge in [-0.2, -0.15) is 0 Å². The summed E-state index contributed by atoms with van der Waals surface area (Å²) >= 11 is 0. The van der Waals surface area contributed by atoms with Crippen LogP contribution in [0.15, 0.2) is 0 Å². The van der Waals surface area contributed by atoms with Crippen LogP contribution in [0.4, 0.5) is 0 Å². The van der Waals surface area contributed by atoms with Crippen LogP contribution in [0, 0.1) is 0 Å². The molecule has 0 aliphatic rings. The van der Waals surface area contributed by atoms with Gasteiger partial charge in [0.05, 0.1) is 12.1 Å². The van der Waals surface area contributed by atoms with Gasteiger partial charge in [0, 0.05) is 0 Å². The first-order valence-corrected chi connectivity index (χ1v) is 2.77. The van der Waals surface area contributed by atoms with Crippen molar-refractivity contribution in [2.24, 2.45) is 11.5 Å². The molecule has 13 heavy (non-hydrogen) atoms. The molecular weight excluding hydrogens is 212 g/mol. The summed E-state index contributed by atoms with van der Waals surface area (Å²) in [6.45, 7) is 1.75. The first-order chi connectivity index (χ1) is 3.98. The van der Waals surface area contributed by atoms with Crippen LogP contribution in [0.3, 0.4) is 0 Å². The van der Waals surface area contributed by atoms with E-state index in [1.807, 2.05) is 0 Å². The summed E-state index contributed by atoms with van der Waals surface area (Å²) in [6, 6.07) is 0. The molecule has 62 valence electrons.